The van der Waals surface area contributed by atoms with Crippen LogP contribution >= 0.6 is 0 Å². The van der Waals surface area contributed by atoms with Gasteiger partial charge in [-0.15, -0.1) is 0 Å². The maximum atomic E-state index is 12.6. The zero-order valence-electron chi connectivity index (χ0n) is 12.4. The molecule has 2 N–H and O–H groups in total. The van der Waals surface area contributed by atoms with Crippen LogP contribution in [0.3, 0.4) is 0 Å². The Bertz CT molecular complexity index is 660. The van der Waals surface area contributed by atoms with E-state index in [1.54, 1.807) is 18.2 Å². The number of nitrogens with one attached hydrogen (secondary N) is 1. The monoisotopic (exact) mass is 319 g/mol. The summed E-state index contributed by atoms with van der Waals surface area (Å²) in [5.41, 5.74) is 0.561. The second kappa shape index (κ2) is 5.42. The van der Waals surface area contributed by atoms with Crippen LogP contribution in [0.5, 0.6) is 11.5 Å². The lowest BCUT2D eigenvalue weighted by molar-refractivity contribution is -0.147. The lowest BCUT2D eigenvalue weighted by atomic mass is 9.78. The van der Waals surface area contributed by atoms with Crippen molar-refractivity contribution in [3.8, 4) is 11.5 Å². The number of amides is 1. The van der Waals surface area contributed by atoms with Crippen molar-refractivity contribution in [3.63, 3.8) is 0 Å². The molecule has 2 saturated heterocycles. The standard InChI is InChI=1S/C16H17NO6/c18-15(13-10-3-4-11(23-10)14(13)16(19)20)17-8-1-2-9-12(7-8)22-6-5-21-9/h1-2,7,10-11,13-14H,3-6H2,(H,17,18)(H,19,20)/t10-,11-,13-,14-/m1/s1. The van der Waals surface area contributed by atoms with Gasteiger partial charge in [0.2, 0.25) is 5.91 Å². The van der Waals surface area contributed by atoms with Crippen molar-refractivity contribution >= 4 is 17.6 Å². The van der Waals surface area contributed by atoms with Crippen LogP contribution < -0.4 is 14.8 Å². The number of carboxylic acids is 1. The smallest absolute Gasteiger partial charge is 0.310 e. The summed E-state index contributed by atoms with van der Waals surface area (Å²) < 4.78 is 16.5. The largest absolute Gasteiger partial charge is 0.486 e. The number of carbonyl (C=O) groups is 2. The van der Waals surface area contributed by atoms with Gasteiger partial charge in [0.15, 0.2) is 11.5 Å². The van der Waals surface area contributed by atoms with E-state index in [0.29, 0.717) is 36.8 Å². The molecule has 1 aromatic rings. The van der Waals surface area contributed by atoms with E-state index >= 15 is 0 Å². The first-order chi connectivity index (χ1) is 11.1. The van der Waals surface area contributed by atoms with E-state index in [-0.39, 0.29) is 18.1 Å². The maximum Gasteiger partial charge on any atom is 0.310 e. The quantitative estimate of drug-likeness (QED) is 0.871. The van der Waals surface area contributed by atoms with E-state index in [4.69, 9.17) is 14.2 Å². The average molecular weight is 319 g/mol. The summed E-state index contributed by atoms with van der Waals surface area (Å²) in [6.07, 6.45) is 0.773. The fraction of sp³-hybridized carbons (Fsp3) is 0.500. The summed E-state index contributed by atoms with van der Waals surface area (Å²) in [6.45, 7) is 0.965. The number of benzene rings is 1. The second-order valence-corrected chi connectivity index (χ2v) is 6.03. The van der Waals surface area contributed by atoms with Gasteiger partial charge in [-0.2, -0.15) is 0 Å². The van der Waals surface area contributed by atoms with E-state index < -0.39 is 17.8 Å². The Morgan fingerprint density at radius 2 is 1.74 bits per heavy atom. The summed E-state index contributed by atoms with van der Waals surface area (Å²) in [4.78, 5) is 24.0. The Hall–Kier alpha value is -2.28. The summed E-state index contributed by atoms with van der Waals surface area (Å²) in [7, 11) is 0. The molecule has 3 aliphatic heterocycles. The van der Waals surface area contributed by atoms with Crippen LogP contribution in [0.15, 0.2) is 18.2 Å². The highest BCUT2D eigenvalue weighted by atomic mass is 16.6. The van der Waals surface area contributed by atoms with E-state index in [1.165, 1.54) is 0 Å². The van der Waals surface area contributed by atoms with E-state index in [0.717, 1.165) is 6.42 Å². The predicted molar refractivity (Wildman–Crippen MR) is 78.6 cm³/mol. The van der Waals surface area contributed by atoms with Crippen LogP contribution in [-0.4, -0.2) is 42.4 Å². The molecule has 0 radical (unpaired) electrons. The topological polar surface area (TPSA) is 94.1 Å². The minimum Gasteiger partial charge on any atom is -0.486 e. The molecule has 2 fully saturated rings. The number of hydrogen-bond donors (Lipinski definition) is 2. The van der Waals surface area contributed by atoms with Gasteiger partial charge in [0.25, 0.3) is 0 Å². The van der Waals surface area contributed by atoms with E-state index in [2.05, 4.69) is 5.32 Å². The van der Waals surface area contributed by atoms with Crippen molar-refractivity contribution in [1.29, 1.82) is 0 Å². The molecule has 23 heavy (non-hydrogen) atoms. The minimum absolute atomic E-state index is 0.307. The Balaban J connectivity index is 1.52. The Morgan fingerprint density at radius 3 is 2.48 bits per heavy atom. The molecule has 0 spiro atoms. The highest BCUT2D eigenvalue weighted by Crippen LogP contribution is 2.44. The number of carboxylic acid groups (broad SMARTS) is 1. The Kier molecular flexibility index (Phi) is 3.37. The third kappa shape index (κ3) is 2.41. The molecule has 3 aliphatic rings. The first kappa shape index (κ1) is 14.3. The zero-order chi connectivity index (χ0) is 16.0. The van der Waals surface area contributed by atoms with Crippen molar-refractivity contribution in [2.45, 2.75) is 25.0 Å². The molecule has 4 rings (SSSR count). The molecule has 1 aromatic carbocycles. The van der Waals surface area contributed by atoms with Crippen LogP contribution in [0.1, 0.15) is 12.8 Å². The normalized spacial score (nSPS) is 31.0. The Labute approximate surface area is 132 Å². The minimum atomic E-state index is -0.973. The predicted octanol–water partition coefficient (Wildman–Crippen LogP) is 1.27. The maximum absolute atomic E-state index is 12.6. The lowest BCUT2D eigenvalue weighted by Crippen LogP contribution is -2.40. The van der Waals surface area contributed by atoms with Gasteiger partial charge in [0.1, 0.15) is 13.2 Å². The summed E-state index contributed by atoms with van der Waals surface area (Å²) in [5, 5.41) is 12.2. The number of anilines is 1. The van der Waals surface area contributed by atoms with Gasteiger partial charge in [0, 0.05) is 11.8 Å². The summed E-state index contributed by atoms with van der Waals surface area (Å²) in [6, 6.07) is 5.14. The van der Waals surface area contributed by atoms with Crippen LogP contribution in [0.2, 0.25) is 0 Å². The number of ether oxygens (including phenoxy) is 3. The fourth-order valence-electron chi connectivity index (χ4n) is 3.67. The molecule has 7 nitrogen and oxygen atoms in total. The van der Waals surface area contributed by atoms with Crippen LogP contribution in [0, 0.1) is 11.8 Å². The van der Waals surface area contributed by atoms with Gasteiger partial charge < -0.3 is 24.6 Å². The number of aliphatic carboxylic acids is 1. The number of fused-ring (bicyclic) bond motifs is 3. The molecular formula is C16H17NO6. The van der Waals surface area contributed by atoms with E-state index in [1.807, 2.05) is 0 Å². The van der Waals surface area contributed by atoms with Gasteiger partial charge >= 0.3 is 5.97 Å². The first-order valence-corrected chi connectivity index (χ1v) is 7.72. The van der Waals surface area contributed by atoms with Crippen molar-refractivity contribution < 1.29 is 28.9 Å². The van der Waals surface area contributed by atoms with Crippen molar-refractivity contribution in [1.82, 2.24) is 0 Å². The first-order valence-electron chi connectivity index (χ1n) is 7.72. The lowest BCUT2D eigenvalue weighted by Gasteiger charge is -2.24. The Morgan fingerprint density at radius 1 is 1.04 bits per heavy atom. The molecule has 0 unspecified atom stereocenters. The van der Waals surface area contributed by atoms with Crippen molar-refractivity contribution in [2.75, 3.05) is 18.5 Å². The van der Waals surface area contributed by atoms with Gasteiger partial charge in [-0.25, -0.2) is 0 Å². The molecule has 0 aliphatic carbocycles. The van der Waals surface area contributed by atoms with Crippen LogP contribution in [0.25, 0.3) is 0 Å². The molecule has 0 aromatic heterocycles. The zero-order valence-corrected chi connectivity index (χ0v) is 12.4. The molecule has 3 heterocycles. The molecule has 0 saturated carbocycles. The van der Waals surface area contributed by atoms with Gasteiger partial charge in [-0.3, -0.25) is 9.59 Å². The van der Waals surface area contributed by atoms with Crippen molar-refractivity contribution in [2.24, 2.45) is 11.8 Å². The third-order valence-corrected chi connectivity index (χ3v) is 4.67. The van der Waals surface area contributed by atoms with Gasteiger partial charge in [0.05, 0.1) is 24.0 Å². The summed E-state index contributed by atoms with van der Waals surface area (Å²) >= 11 is 0. The van der Waals surface area contributed by atoms with E-state index in [9.17, 15) is 14.7 Å². The molecule has 1 amide bonds. The van der Waals surface area contributed by atoms with Crippen LogP contribution in [0.4, 0.5) is 5.69 Å². The highest BCUT2D eigenvalue weighted by Gasteiger charge is 2.55. The number of hydrogen-bond acceptors (Lipinski definition) is 5. The molecule has 7 heteroatoms. The fourth-order valence-corrected chi connectivity index (χ4v) is 3.67. The van der Waals surface area contributed by atoms with Gasteiger partial charge in [-0.05, 0) is 25.0 Å². The molecular weight excluding hydrogens is 302 g/mol. The van der Waals surface area contributed by atoms with Gasteiger partial charge in [-0.1, -0.05) is 0 Å². The third-order valence-electron chi connectivity index (χ3n) is 4.67. The molecule has 4 atom stereocenters. The van der Waals surface area contributed by atoms with Crippen LogP contribution in [-0.2, 0) is 14.3 Å². The van der Waals surface area contributed by atoms with Crippen molar-refractivity contribution in [3.05, 3.63) is 18.2 Å². The summed E-state index contributed by atoms with van der Waals surface area (Å²) in [5.74, 6) is -1.50. The molecule has 122 valence electrons. The second-order valence-electron chi connectivity index (χ2n) is 6.03. The average Bonchev–Trinajstić information content (AvgIpc) is 3.15. The molecule has 2 bridgehead atoms. The SMILES string of the molecule is O=C(O)[C@H]1[C@H](C(=O)Nc2ccc3c(c2)OCCO3)[C@H]2CC[C@H]1O2. The number of rotatable bonds is 3. The highest BCUT2D eigenvalue weighted by molar-refractivity contribution is 5.96. The number of carbonyl (C=O) groups excluding carboxylic acids is 1.